The standard InChI is InChI=1S/C68H131NO5/c1-3-5-7-9-11-13-15-17-19-21-22-23-24-25-26-27-29-32-36-40-44-48-52-56-60-66(71)65(64-70)69-67(72)61-57-53-49-45-41-37-33-30-28-31-35-39-43-47-51-55-59-63-74-68(73)62-58-54-50-46-42-38-34-20-18-16-14-12-10-8-6-4-2/h20,28,31,34,65-66,70-71H,3-19,21-27,29-30,32-33,35-64H2,1-2H3,(H,69,72)/b31-28-,34-20-. The van der Waals surface area contributed by atoms with Crippen LogP contribution in [0.3, 0.4) is 0 Å². The molecule has 0 aliphatic carbocycles. The van der Waals surface area contributed by atoms with Crippen molar-refractivity contribution in [3.8, 4) is 0 Å². The second-order valence-electron chi connectivity index (χ2n) is 23.1. The highest BCUT2D eigenvalue weighted by Gasteiger charge is 2.20. The number of esters is 1. The van der Waals surface area contributed by atoms with Crippen LogP contribution in [0.4, 0.5) is 0 Å². The third-order valence-electron chi connectivity index (χ3n) is 15.7. The third-order valence-corrected chi connectivity index (χ3v) is 15.7. The Morgan fingerprint density at radius 2 is 0.635 bits per heavy atom. The fourth-order valence-corrected chi connectivity index (χ4v) is 10.6. The fraction of sp³-hybridized carbons (Fsp3) is 0.912. The number of amides is 1. The molecule has 0 aromatic heterocycles. The van der Waals surface area contributed by atoms with Crippen LogP contribution in [0, 0.1) is 0 Å². The van der Waals surface area contributed by atoms with Gasteiger partial charge in [-0.3, -0.25) is 9.59 Å². The van der Waals surface area contributed by atoms with Crippen LogP contribution in [-0.2, 0) is 14.3 Å². The first-order valence-electron chi connectivity index (χ1n) is 33.6. The summed E-state index contributed by atoms with van der Waals surface area (Å²) in [7, 11) is 0. The SMILES string of the molecule is CCCCCCCCC/C=C\CCCCCCCC(=O)OCCCCCCCC/C=C\CCCCCCCCCC(=O)NC(CO)C(O)CCCCCCCCCCCCCCCCCCCCCCCCCC. The van der Waals surface area contributed by atoms with Gasteiger partial charge >= 0.3 is 5.97 Å². The second-order valence-corrected chi connectivity index (χ2v) is 23.1. The molecule has 74 heavy (non-hydrogen) atoms. The number of carbonyl (C=O) groups is 2. The van der Waals surface area contributed by atoms with E-state index in [-0.39, 0.29) is 18.5 Å². The van der Waals surface area contributed by atoms with E-state index in [1.165, 1.54) is 283 Å². The summed E-state index contributed by atoms with van der Waals surface area (Å²) in [5.41, 5.74) is 0. The molecule has 0 aliphatic heterocycles. The van der Waals surface area contributed by atoms with Crippen LogP contribution in [0.2, 0.25) is 0 Å². The van der Waals surface area contributed by atoms with Crippen LogP contribution in [0.25, 0.3) is 0 Å². The molecule has 3 N–H and O–H groups in total. The van der Waals surface area contributed by atoms with Crippen LogP contribution in [0.15, 0.2) is 24.3 Å². The average Bonchev–Trinajstić information content (AvgIpc) is 3.40. The molecule has 2 atom stereocenters. The van der Waals surface area contributed by atoms with E-state index in [9.17, 15) is 19.8 Å². The molecular weight excluding hydrogens is 911 g/mol. The van der Waals surface area contributed by atoms with Gasteiger partial charge in [-0.25, -0.2) is 0 Å². The Kier molecular flexibility index (Phi) is 62.4. The molecule has 0 rings (SSSR count). The Labute approximate surface area is 462 Å². The zero-order valence-corrected chi connectivity index (χ0v) is 50.1. The number of unbranched alkanes of at least 4 members (excludes halogenated alkanes) is 48. The molecule has 0 fully saturated rings. The minimum atomic E-state index is -0.674. The topological polar surface area (TPSA) is 95.9 Å². The van der Waals surface area contributed by atoms with E-state index in [1.54, 1.807) is 0 Å². The Balaban J connectivity index is 3.44. The highest BCUT2D eigenvalue weighted by Crippen LogP contribution is 2.18. The summed E-state index contributed by atoms with van der Waals surface area (Å²) in [6.07, 6.45) is 79.1. The Bertz CT molecular complexity index is 1150. The van der Waals surface area contributed by atoms with E-state index in [1.807, 2.05) is 0 Å². The fourth-order valence-electron chi connectivity index (χ4n) is 10.6. The van der Waals surface area contributed by atoms with Crippen molar-refractivity contribution in [2.24, 2.45) is 0 Å². The maximum atomic E-state index is 12.5. The third kappa shape index (κ3) is 59.6. The van der Waals surface area contributed by atoms with E-state index < -0.39 is 12.1 Å². The molecule has 0 radical (unpaired) electrons. The summed E-state index contributed by atoms with van der Waals surface area (Å²) in [6.45, 7) is 4.96. The maximum Gasteiger partial charge on any atom is 0.305 e. The number of aliphatic hydroxyl groups is 2. The van der Waals surface area contributed by atoms with Gasteiger partial charge in [0.25, 0.3) is 0 Å². The first kappa shape index (κ1) is 72.3. The van der Waals surface area contributed by atoms with E-state index in [0.29, 0.717) is 25.9 Å². The molecular formula is C68H131NO5. The molecule has 0 aliphatic rings. The van der Waals surface area contributed by atoms with Gasteiger partial charge in [-0.05, 0) is 77.0 Å². The normalized spacial score (nSPS) is 12.6. The molecule has 2 unspecified atom stereocenters. The summed E-state index contributed by atoms with van der Waals surface area (Å²) >= 11 is 0. The van der Waals surface area contributed by atoms with Crippen molar-refractivity contribution in [2.45, 2.75) is 386 Å². The number of ether oxygens (including phenoxy) is 1. The molecule has 0 bridgehead atoms. The highest BCUT2D eigenvalue weighted by atomic mass is 16.5. The lowest BCUT2D eigenvalue weighted by molar-refractivity contribution is -0.143. The van der Waals surface area contributed by atoms with Crippen molar-refractivity contribution in [1.29, 1.82) is 0 Å². The lowest BCUT2D eigenvalue weighted by Gasteiger charge is -2.22. The Morgan fingerprint density at radius 3 is 0.959 bits per heavy atom. The number of nitrogens with one attached hydrogen (secondary N) is 1. The first-order valence-corrected chi connectivity index (χ1v) is 33.6. The number of carbonyl (C=O) groups excluding carboxylic acids is 2. The van der Waals surface area contributed by atoms with E-state index in [2.05, 4.69) is 43.5 Å². The van der Waals surface area contributed by atoms with Crippen LogP contribution >= 0.6 is 0 Å². The van der Waals surface area contributed by atoms with E-state index in [4.69, 9.17) is 4.74 Å². The monoisotopic (exact) mass is 1040 g/mol. The van der Waals surface area contributed by atoms with Gasteiger partial charge < -0.3 is 20.3 Å². The molecule has 1 amide bonds. The number of hydrogen-bond acceptors (Lipinski definition) is 5. The maximum absolute atomic E-state index is 12.5. The second kappa shape index (κ2) is 63.9. The highest BCUT2D eigenvalue weighted by molar-refractivity contribution is 5.76. The largest absolute Gasteiger partial charge is 0.466 e. The number of rotatable bonds is 63. The Morgan fingerprint density at radius 1 is 0.365 bits per heavy atom. The molecule has 0 saturated heterocycles. The van der Waals surface area contributed by atoms with Gasteiger partial charge in [0.2, 0.25) is 5.91 Å². The minimum Gasteiger partial charge on any atom is -0.466 e. The lowest BCUT2D eigenvalue weighted by atomic mass is 10.0. The van der Waals surface area contributed by atoms with Gasteiger partial charge in [-0.1, -0.05) is 308 Å². The quantitative estimate of drug-likeness (QED) is 0.0320. The zero-order valence-electron chi connectivity index (χ0n) is 50.1. The van der Waals surface area contributed by atoms with Crippen molar-refractivity contribution < 1.29 is 24.5 Å². The molecule has 6 heteroatoms. The Hall–Kier alpha value is -1.66. The molecule has 0 aromatic rings. The van der Waals surface area contributed by atoms with Crippen molar-refractivity contribution >= 4 is 11.9 Å². The van der Waals surface area contributed by atoms with Gasteiger partial charge in [0.1, 0.15) is 0 Å². The summed E-state index contributed by atoms with van der Waals surface area (Å²) < 4.78 is 5.48. The predicted octanol–water partition coefficient (Wildman–Crippen LogP) is 21.4. The molecule has 0 saturated carbocycles. The molecule has 0 spiro atoms. The summed E-state index contributed by atoms with van der Waals surface area (Å²) in [4.78, 5) is 24.6. The first-order chi connectivity index (χ1) is 36.5. The smallest absolute Gasteiger partial charge is 0.305 e. The lowest BCUT2D eigenvalue weighted by Crippen LogP contribution is -2.45. The van der Waals surface area contributed by atoms with E-state index >= 15 is 0 Å². The molecule has 438 valence electrons. The molecule has 0 aromatic carbocycles. The van der Waals surface area contributed by atoms with Crippen molar-refractivity contribution in [3.63, 3.8) is 0 Å². The van der Waals surface area contributed by atoms with E-state index in [0.717, 1.165) is 57.8 Å². The van der Waals surface area contributed by atoms with Gasteiger partial charge in [-0.2, -0.15) is 0 Å². The number of allylic oxidation sites excluding steroid dienone is 4. The van der Waals surface area contributed by atoms with Crippen LogP contribution < -0.4 is 5.32 Å². The van der Waals surface area contributed by atoms with Crippen LogP contribution in [0.1, 0.15) is 373 Å². The predicted molar refractivity (Wildman–Crippen MR) is 324 cm³/mol. The van der Waals surface area contributed by atoms with Crippen molar-refractivity contribution in [3.05, 3.63) is 24.3 Å². The number of hydrogen-bond donors (Lipinski definition) is 3. The summed E-state index contributed by atoms with van der Waals surface area (Å²) in [5, 5.41) is 23.4. The van der Waals surface area contributed by atoms with Crippen LogP contribution in [-0.4, -0.2) is 47.4 Å². The summed E-state index contributed by atoms with van der Waals surface area (Å²) in [5.74, 6) is -0.0512. The zero-order chi connectivity index (χ0) is 53.6. The number of aliphatic hydroxyl groups excluding tert-OH is 2. The minimum absolute atomic E-state index is 0.00814. The van der Waals surface area contributed by atoms with Gasteiger partial charge in [0.15, 0.2) is 0 Å². The van der Waals surface area contributed by atoms with Crippen molar-refractivity contribution in [1.82, 2.24) is 5.32 Å². The van der Waals surface area contributed by atoms with Gasteiger partial charge in [0.05, 0.1) is 25.4 Å². The molecule has 6 nitrogen and oxygen atoms in total. The van der Waals surface area contributed by atoms with Crippen molar-refractivity contribution in [2.75, 3.05) is 13.2 Å². The van der Waals surface area contributed by atoms with Crippen LogP contribution in [0.5, 0.6) is 0 Å². The average molecular weight is 1040 g/mol. The van der Waals surface area contributed by atoms with Gasteiger partial charge in [-0.15, -0.1) is 0 Å². The van der Waals surface area contributed by atoms with Gasteiger partial charge in [0, 0.05) is 12.8 Å². The summed E-state index contributed by atoms with van der Waals surface area (Å²) in [6, 6.07) is -0.552. The molecule has 0 heterocycles.